The molecule has 244 valence electrons. The molecule has 12 heteroatoms. The van der Waals surface area contributed by atoms with Crippen LogP contribution in [0.15, 0.2) is 0 Å². The Balaban J connectivity index is 1.80. The van der Waals surface area contributed by atoms with Gasteiger partial charge in [0.2, 0.25) is 11.8 Å². The fraction of sp³-hybridized carbons (Fsp3) is 0.900. The zero-order valence-corrected chi connectivity index (χ0v) is 26.1. The van der Waals surface area contributed by atoms with E-state index in [0.717, 1.165) is 124 Å². The number of carboxylic acid groups (broad SMARTS) is 1. The van der Waals surface area contributed by atoms with Crippen molar-refractivity contribution in [3.05, 3.63) is 0 Å². The summed E-state index contributed by atoms with van der Waals surface area (Å²) in [5, 5.41) is 26.2. The number of unbranched alkanes of at least 4 members (excludes halogenated alkanes) is 1. The normalized spacial score (nSPS) is 20.8. The highest BCUT2D eigenvalue weighted by molar-refractivity contribution is 5.79. The molecule has 2 aliphatic heterocycles. The van der Waals surface area contributed by atoms with Crippen molar-refractivity contribution in [3.63, 3.8) is 0 Å². The van der Waals surface area contributed by atoms with E-state index in [1.807, 2.05) is 9.80 Å². The first-order valence-corrected chi connectivity index (χ1v) is 16.6. The largest absolute Gasteiger partial charge is 0.481 e. The van der Waals surface area contributed by atoms with Gasteiger partial charge in [0.1, 0.15) is 0 Å². The third-order valence-electron chi connectivity index (χ3n) is 7.90. The summed E-state index contributed by atoms with van der Waals surface area (Å²) in [6, 6.07) is 0. The van der Waals surface area contributed by atoms with Crippen molar-refractivity contribution in [2.24, 2.45) is 0 Å². The molecule has 2 saturated heterocycles. The lowest BCUT2D eigenvalue weighted by Gasteiger charge is -2.27. The molecule has 0 saturated carbocycles. The summed E-state index contributed by atoms with van der Waals surface area (Å²) < 4.78 is 0. The highest BCUT2D eigenvalue weighted by Crippen LogP contribution is 2.07. The Labute approximate surface area is 254 Å². The molecule has 2 fully saturated rings. The van der Waals surface area contributed by atoms with Crippen molar-refractivity contribution in [3.8, 4) is 0 Å². The Morgan fingerprint density at radius 3 is 1.55 bits per heavy atom. The van der Waals surface area contributed by atoms with Gasteiger partial charge in [-0.25, -0.2) is 0 Å². The minimum Gasteiger partial charge on any atom is -0.481 e. The molecule has 0 aromatic rings. The molecule has 0 atom stereocenters. The van der Waals surface area contributed by atoms with Gasteiger partial charge in [-0.05, 0) is 90.8 Å². The Bertz CT molecular complexity index is 715. The van der Waals surface area contributed by atoms with Gasteiger partial charge in [0, 0.05) is 84.7 Å². The lowest BCUT2D eigenvalue weighted by atomic mass is 10.2. The zero-order valence-electron chi connectivity index (χ0n) is 26.1. The highest BCUT2D eigenvalue weighted by atomic mass is 16.4. The van der Waals surface area contributed by atoms with Crippen LogP contribution in [0.25, 0.3) is 0 Å². The molecule has 0 aromatic carbocycles. The monoisotopic (exact) mass is 596 g/mol. The van der Waals surface area contributed by atoms with Crippen LogP contribution in [-0.4, -0.2) is 149 Å². The van der Waals surface area contributed by atoms with Gasteiger partial charge in [0.25, 0.3) is 0 Å². The Kier molecular flexibility index (Phi) is 21.3. The van der Waals surface area contributed by atoms with Gasteiger partial charge in [-0.15, -0.1) is 0 Å². The summed E-state index contributed by atoms with van der Waals surface area (Å²) in [6.07, 6.45) is 7.08. The topological polar surface area (TPSA) is 141 Å². The molecule has 0 radical (unpaired) electrons. The van der Waals surface area contributed by atoms with Crippen molar-refractivity contribution in [2.45, 2.75) is 64.2 Å². The van der Waals surface area contributed by atoms with Crippen LogP contribution < -0.4 is 26.6 Å². The Morgan fingerprint density at radius 1 is 0.476 bits per heavy atom. The van der Waals surface area contributed by atoms with Gasteiger partial charge in [-0.3, -0.25) is 14.4 Å². The smallest absolute Gasteiger partial charge is 0.303 e. The summed E-state index contributed by atoms with van der Waals surface area (Å²) in [6.45, 7) is 14.6. The maximum Gasteiger partial charge on any atom is 0.303 e. The fourth-order valence-electron chi connectivity index (χ4n) is 5.40. The van der Waals surface area contributed by atoms with Crippen LogP contribution in [-0.2, 0) is 14.4 Å². The minimum absolute atomic E-state index is 0.131. The van der Waals surface area contributed by atoms with E-state index < -0.39 is 5.97 Å². The molecule has 0 aromatic heterocycles. The molecule has 0 unspecified atom stereocenters. The number of nitrogens with zero attached hydrogens (tertiary/aromatic N) is 3. The molecule has 2 aliphatic rings. The standard InChI is InChI=1S/C30H60N8O4/c39-28(37-23-6-15-32-17-16-31-11-4-13-34-19-26-37)8-3-9-29(40)38-24-7-22-36(21-2-1-10-30(41)42)25-18-33-12-5-14-35-20-27-38/h31-35H,1-27H2,(H,41,42). The number of carbonyl (C=O) groups excluding carboxylic acids is 2. The van der Waals surface area contributed by atoms with Crippen LogP contribution in [0.5, 0.6) is 0 Å². The van der Waals surface area contributed by atoms with Crippen molar-refractivity contribution < 1.29 is 19.5 Å². The van der Waals surface area contributed by atoms with Crippen LogP contribution in [0.3, 0.4) is 0 Å². The number of carbonyl (C=O) groups is 3. The van der Waals surface area contributed by atoms with Crippen LogP contribution >= 0.6 is 0 Å². The van der Waals surface area contributed by atoms with E-state index in [2.05, 4.69) is 31.5 Å². The lowest BCUT2D eigenvalue weighted by molar-refractivity contribution is -0.137. The molecule has 6 N–H and O–H groups in total. The van der Waals surface area contributed by atoms with Gasteiger partial charge in [0.15, 0.2) is 0 Å². The highest BCUT2D eigenvalue weighted by Gasteiger charge is 2.17. The average Bonchev–Trinajstić information content (AvgIpc) is 2.97. The number of hydrogen-bond acceptors (Lipinski definition) is 9. The van der Waals surface area contributed by atoms with Crippen LogP contribution in [0.2, 0.25) is 0 Å². The molecule has 0 bridgehead atoms. The second-order valence-electron chi connectivity index (χ2n) is 11.5. The molecule has 2 heterocycles. The summed E-state index contributed by atoms with van der Waals surface area (Å²) in [7, 11) is 0. The van der Waals surface area contributed by atoms with Gasteiger partial charge >= 0.3 is 5.97 Å². The number of amides is 2. The third kappa shape index (κ3) is 18.7. The maximum atomic E-state index is 13.2. The molecule has 12 nitrogen and oxygen atoms in total. The van der Waals surface area contributed by atoms with E-state index in [1.165, 1.54) is 0 Å². The van der Waals surface area contributed by atoms with Crippen molar-refractivity contribution in [1.82, 2.24) is 41.3 Å². The van der Waals surface area contributed by atoms with Crippen molar-refractivity contribution in [2.75, 3.05) is 111 Å². The second-order valence-corrected chi connectivity index (χ2v) is 11.5. The van der Waals surface area contributed by atoms with Crippen molar-refractivity contribution >= 4 is 17.8 Å². The summed E-state index contributed by atoms with van der Waals surface area (Å²) in [4.78, 5) is 43.5. The number of nitrogens with one attached hydrogen (secondary N) is 5. The first-order valence-electron chi connectivity index (χ1n) is 16.6. The predicted octanol–water partition coefficient (Wildman–Crippen LogP) is -0.0936. The number of aliphatic carboxylic acids is 1. The van der Waals surface area contributed by atoms with E-state index >= 15 is 0 Å². The van der Waals surface area contributed by atoms with Crippen molar-refractivity contribution in [1.29, 1.82) is 0 Å². The lowest BCUT2D eigenvalue weighted by Crippen LogP contribution is -2.41. The zero-order chi connectivity index (χ0) is 30.1. The van der Waals surface area contributed by atoms with Gasteiger partial charge in [-0.2, -0.15) is 0 Å². The molecule has 42 heavy (non-hydrogen) atoms. The van der Waals surface area contributed by atoms with Crippen LogP contribution in [0.1, 0.15) is 64.2 Å². The summed E-state index contributed by atoms with van der Waals surface area (Å²) in [5.74, 6) is -0.460. The average molecular weight is 597 g/mol. The number of carboxylic acids is 1. The van der Waals surface area contributed by atoms with E-state index in [1.54, 1.807) is 0 Å². The Morgan fingerprint density at radius 2 is 0.976 bits per heavy atom. The van der Waals surface area contributed by atoms with Crippen LogP contribution in [0.4, 0.5) is 0 Å². The summed E-state index contributed by atoms with van der Waals surface area (Å²) in [5.41, 5.74) is 0. The van der Waals surface area contributed by atoms with E-state index in [9.17, 15) is 14.4 Å². The fourth-order valence-corrected chi connectivity index (χ4v) is 5.40. The number of hydrogen-bond donors (Lipinski definition) is 6. The number of rotatable bonds is 9. The Hall–Kier alpha value is -1.83. The predicted molar refractivity (Wildman–Crippen MR) is 168 cm³/mol. The molecule has 2 amide bonds. The molecule has 0 spiro atoms. The van der Waals surface area contributed by atoms with Gasteiger partial charge in [-0.1, -0.05) is 0 Å². The van der Waals surface area contributed by atoms with E-state index in [0.29, 0.717) is 45.3 Å². The minimum atomic E-state index is -0.737. The first-order chi connectivity index (χ1) is 20.6. The molecule has 2 rings (SSSR count). The maximum absolute atomic E-state index is 13.2. The van der Waals surface area contributed by atoms with Gasteiger partial charge in [0.05, 0.1) is 0 Å². The second kappa shape index (κ2) is 24.6. The quantitative estimate of drug-likeness (QED) is 0.200. The van der Waals surface area contributed by atoms with E-state index in [-0.39, 0.29) is 18.2 Å². The van der Waals surface area contributed by atoms with Crippen LogP contribution in [0, 0.1) is 0 Å². The molecular weight excluding hydrogens is 536 g/mol. The molecular formula is C30H60N8O4. The SMILES string of the molecule is O=C(O)CCCCN1CCCN(C(=O)CCCC(=O)N2CCCNCCNCCCNCC2)CCNCCCNCC1. The van der Waals surface area contributed by atoms with Gasteiger partial charge < -0.3 is 46.4 Å². The third-order valence-corrected chi connectivity index (χ3v) is 7.90. The molecule has 0 aliphatic carbocycles. The van der Waals surface area contributed by atoms with E-state index in [4.69, 9.17) is 5.11 Å². The first kappa shape index (κ1) is 36.4. The summed E-state index contributed by atoms with van der Waals surface area (Å²) >= 11 is 0.